The second-order valence-electron chi connectivity index (χ2n) is 5.29. The van der Waals surface area contributed by atoms with Crippen LogP contribution >= 0.6 is 0 Å². The van der Waals surface area contributed by atoms with Crippen molar-refractivity contribution in [2.75, 3.05) is 25.5 Å². The second kappa shape index (κ2) is 6.72. The van der Waals surface area contributed by atoms with Crippen LogP contribution in [-0.4, -0.2) is 37.2 Å². The number of ether oxygens (including phenoxy) is 1. The van der Waals surface area contributed by atoms with Crippen LogP contribution < -0.4 is 11.1 Å². The summed E-state index contributed by atoms with van der Waals surface area (Å²) in [6, 6.07) is 7.54. The number of methoxy groups -OCH3 is 1. The van der Waals surface area contributed by atoms with Crippen molar-refractivity contribution in [1.82, 2.24) is 4.90 Å². The molecule has 3 N–H and O–H groups in total. The lowest BCUT2D eigenvalue weighted by atomic mass is 10.1. The van der Waals surface area contributed by atoms with Crippen LogP contribution in [0.4, 0.5) is 10.5 Å². The summed E-state index contributed by atoms with van der Waals surface area (Å²) in [5.41, 5.74) is 7.64. The molecule has 1 aromatic carbocycles. The van der Waals surface area contributed by atoms with Gasteiger partial charge in [0.05, 0.1) is 6.10 Å². The number of amides is 2. The Morgan fingerprint density at radius 2 is 2.35 bits per heavy atom. The highest BCUT2D eigenvalue weighted by Crippen LogP contribution is 2.18. The molecule has 0 bridgehead atoms. The van der Waals surface area contributed by atoms with Crippen LogP contribution in [0.3, 0.4) is 0 Å². The van der Waals surface area contributed by atoms with E-state index in [0.717, 1.165) is 30.6 Å². The maximum absolute atomic E-state index is 12.2. The molecule has 1 heterocycles. The summed E-state index contributed by atoms with van der Waals surface area (Å²) in [6.07, 6.45) is 2.14. The van der Waals surface area contributed by atoms with Gasteiger partial charge in [0.25, 0.3) is 0 Å². The maximum atomic E-state index is 12.2. The lowest BCUT2D eigenvalue weighted by molar-refractivity contribution is 0.0458. The number of carbonyl (C=O) groups excluding carboxylic acids is 1. The number of urea groups is 1. The fraction of sp³-hybridized carbons (Fsp3) is 0.533. The van der Waals surface area contributed by atoms with Gasteiger partial charge in [0.2, 0.25) is 0 Å². The van der Waals surface area contributed by atoms with Gasteiger partial charge < -0.3 is 20.7 Å². The fourth-order valence-corrected chi connectivity index (χ4v) is 2.42. The summed E-state index contributed by atoms with van der Waals surface area (Å²) >= 11 is 0. The molecule has 1 aliphatic heterocycles. The summed E-state index contributed by atoms with van der Waals surface area (Å²) < 4.78 is 5.33. The Balaban J connectivity index is 1.98. The largest absolute Gasteiger partial charge is 0.380 e. The Labute approximate surface area is 120 Å². The van der Waals surface area contributed by atoms with E-state index in [1.54, 1.807) is 12.0 Å². The lowest BCUT2D eigenvalue weighted by Crippen LogP contribution is -2.44. The Morgan fingerprint density at radius 1 is 1.55 bits per heavy atom. The van der Waals surface area contributed by atoms with Crippen molar-refractivity contribution in [2.24, 2.45) is 5.73 Å². The molecule has 20 heavy (non-hydrogen) atoms. The van der Waals surface area contributed by atoms with Gasteiger partial charge >= 0.3 is 6.03 Å². The molecule has 110 valence electrons. The van der Waals surface area contributed by atoms with Crippen LogP contribution in [0.15, 0.2) is 24.3 Å². The smallest absolute Gasteiger partial charge is 0.321 e. The molecule has 0 spiro atoms. The monoisotopic (exact) mass is 277 g/mol. The van der Waals surface area contributed by atoms with Gasteiger partial charge in [0, 0.05) is 31.9 Å². The van der Waals surface area contributed by atoms with E-state index >= 15 is 0 Å². The first kappa shape index (κ1) is 14.8. The Hall–Kier alpha value is -1.59. The Morgan fingerprint density at radius 3 is 3.05 bits per heavy atom. The highest BCUT2D eigenvalue weighted by molar-refractivity contribution is 5.89. The molecule has 0 aromatic heterocycles. The minimum atomic E-state index is -0.0754. The van der Waals surface area contributed by atoms with Gasteiger partial charge in [-0.25, -0.2) is 4.79 Å². The number of nitrogens with two attached hydrogens (primary N) is 1. The Bertz CT molecular complexity index is 462. The number of anilines is 1. The summed E-state index contributed by atoms with van der Waals surface area (Å²) in [6.45, 7) is 3.35. The molecule has 2 atom stereocenters. The van der Waals surface area contributed by atoms with Gasteiger partial charge in [0.1, 0.15) is 0 Å². The van der Waals surface area contributed by atoms with Gasteiger partial charge in [0.15, 0.2) is 0 Å². The average Bonchev–Trinajstić information content (AvgIpc) is 2.47. The molecule has 5 nitrogen and oxygen atoms in total. The summed E-state index contributed by atoms with van der Waals surface area (Å²) in [5.74, 6) is 0. The first-order chi connectivity index (χ1) is 9.60. The van der Waals surface area contributed by atoms with Crippen LogP contribution in [0, 0.1) is 0 Å². The van der Waals surface area contributed by atoms with E-state index in [1.165, 1.54) is 0 Å². The van der Waals surface area contributed by atoms with Crippen molar-refractivity contribution in [3.8, 4) is 0 Å². The first-order valence-electron chi connectivity index (χ1n) is 7.04. The Kier molecular flexibility index (Phi) is 4.98. The van der Waals surface area contributed by atoms with E-state index in [4.69, 9.17) is 10.5 Å². The van der Waals surface area contributed by atoms with E-state index in [-0.39, 0.29) is 18.2 Å². The van der Waals surface area contributed by atoms with Gasteiger partial charge in [-0.05, 0) is 37.5 Å². The van der Waals surface area contributed by atoms with Crippen LogP contribution in [0.25, 0.3) is 0 Å². The lowest BCUT2D eigenvalue weighted by Gasteiger charge is -2.31. The number of piperidine rings is 1. The van der Waals surface area contributed by atoms with Gasteiger partial charge in [-0.1, -0.05) is 12.1 Å². The zero-order valence-electron chi connectivity index (χ0n) is 12.1. The van der Waals surface area contributed by atoms with Crippen molar-refractivity contribution < 1.29 is 9.53 Å². The third-order valence-corrected chi connectivity index (χ3v) is 3.66. The van der Waals surface area contributed by atoms with E-state index in [2.05, 4.69) is 5.32 Å². The predicted molar refractivity (Wildman–Crippen MR) is 79.7 cm³/mol. The van der Waals surface area contributed by atoms with E-state index in [9.17, 15) is 4.79 Å². The number of nitrogens with zero attached hydrogens (tertiary/aromatic N) is 1. The molecule has 0 saturated carbocycles. The van der Waals surface area contributed by atoms with Gasteiger partial charge in [-0.2, -0.15) is 0 Å². The third kappa shape index (κ3) is 3.71. The van der Waals surface area contributed by atoms with Gasteiger partial charge in [-0.15, -0.1) is 0 Å². The molecule has 1 fully saturated rings. The molecule has 2 amide bonds. The van der Waals surface area contributed by atoms with Crippen LogP contribution in [0.5, 0.6) is 0 Å². The number of nitrogens with one attached hydrogen (secondary N) is 1. The maximum Gasteiger partial charge on any atom is 0.321 e. The van der Waals surface area contributed by atoms with Crippen molar-refractivity contribution in [3.63, 3.8) is 0 Å². The van der Waals surface area contributed by atoms with E-state index < -0.39 is 0 Å². The molecule has 5 heteroatoms. The summed E-state index contributed by atoms with van der Waals surface area (Å²) in [5, 5.41) is 2.93. The van der Waals surface area contributed by atoms with Crippen molar-refractivity contribution >= 4 is 11.7 Å². The third-order valence-electron chi connectivity index (χ3n) is 3.66. The standard InChI is InChI=1S/C15H23N3O2/c1-11(16)12-5-3-6-13(9-12)17-15(19)18-8-4-7-14(10-18)20-2/h3,5-6,9,11,14H,4,7-8,10,16H2,1-2H3,(H,17,19). The number of benzene rings is 1. The second-order valence-corrected chi connectivity index (χ2v) is 5.29. The zero-order chi connectivity index (χ0) is 14.5. The molecule has 1 aliphatic rings. The SMILES string of the molecule is COC1CCCN(C(=O)Nc2cccc(C(C)N)c2)C1. The molecule has 1 saturated heterocycles. The van der Waals surface area contributed by atoms with E-state index in [1.807, 2.05) is 31.2 Å². The van der Waals surface area contributed by atoms with Crippen LogP contribution in [0.1, 0.15) is 31.4 Å². The first-order valence-corrected chi connectivity index (χ1v) is 7.04. The normalized spacial score (nSPS) is 20.6. The molecule has 2 rings (SSSR count). The molecular weight excluding hydrogens is 254 g/mol. The number of hydrogen-bond donors (Lipinski definition) is 2. The summed E-state index contributed by atoms with van der Waals surface area (Å²) in [4.78, 5) is 14.0. The zero-order valence-corrected chi connectivity index (χ0v) is 12.1. The average molecular weight is 277 g/mol. The minimum absolute atomic E-state index is 0.0419. The highest BCUT2D eigenvalue weighted by atomic mass is 16.5. The molecular formula is C15H23N3O2. The molecule has 0 radical (unpaired) electrons. The van der Waals surface area contributed by atoms with Crippen molar-refractivity contribution in [1.29, 1.82) is 0 Å². The summed E-state index contributed by atoms with van der Waals surface area (Å²) in [7, 11) is 1.69. The fourth-order valence-electron chi connectivity index (χ4n) is 2.42. The topological polar surface area (TPSA) is 67.6 Å². The number of rotatable bonds is 3. The quantitative estimate of drug-likeness (QED) is 0.891. The minimum Gasteiger partial charge on any atom is -0.380 e. The number of hydrogen-bond acceptors (Lipinski definition) is 3. The molecule has 0 aliphatic carbocycles. The van der Waals surface area contributed by atoms with Gasteiger partial charge in [-0.3, -0.25) is 0 Å². The molecule has 1 aromatic rings. The highest BCUT2D eigenvalue weighted by Gasteiger charge is 2.23. The van der Waals surface area contributed by atoms with Crippen LogP contribution in [0.2, 0.25) is 0 Å². The van der Waals surface area contributed by atoms with E-state index in [0.29, 0.717) is 6.54 Å². The molecule has 2 unspecified atom stereocenters. The van der Waals surface area contributed by atoms with Crippen molar-refractivity contribution in [2.45, 2.75) is 31.9 Å². The van der Waals surface area contributed by atoms with Crippen molar-refractivity contribution in [3.05, 3.63) is 29.8 Å². The number of likely N-dealkylation sites (tertiary alicyclic amines) is 1. The predicted octanol–water partition coefficient (Wildman–Crippen LogP) is 2.35. The van der Waals surface area contributed by atoms with Crippen LogP contribution in [-0.2, 0) is 4.74 Å². The number of carbonyl (C=O) groups is 1.